The van der Waals surface area contributed by atoms with Crippen molar-refractivity contribution in [1.82, 2.24) is 0 Å². The summed E-state index contributed by atoms with van der Waals surface area (Å²) >= 11 is 0. The number of alkyl halides is 2. The number of aryl methyl sites for hydroxylation is 2. The van der Waals surface area contributed by atoms with E-state index in [1.54, 1.807) is 13.8 Å². The van der Waals surface area contributed by atoms with E-state index in [-0.39, 0.29) is 5.75 Å². The number of phenolic OH excluding ortho intramolecular Hbond substituents is 1. The molecule has 1 aromatic rings. The predicted octanol–water partition coefficient (Wildman–Crippen LogP) is 2.45. The Morgan fingerprint density at radius 3 is 2.00 bits per heavy atom. The highest BCUT2D eigenvalue weighted by Gasteiger charge is 2.32. The fraction of sp³-hybridized carbons (Fsp3) is 0.455. The van der Waals surface area contributed by atoms with Crippen LogP contribution in [0.2, 0.25) is 0 Å². The van der Waals surface area contributed by atoms with Gasteiger partial charge in [0.15, 0.2) is 0 Å². The second-order valence-electron chi connectivity index (χ2n) is 4.04. The normalized spacial score (nSPS) is 15.4. The van der Waals surface area contributed by atoms with Crippen LogP contribution in [0.4, 0.5) is 8.78 Å². The number of benzene rings is 1. The maximum Gasteiger partial charge on any atom is 0.260 e. The highest BCUT2D eigenvalue weighted by Crippen LogP contribution is 2.31. The van der Waals surface area contributed by atoms with Crippen LogP contribution in [0, 0.1) is 13.8 Å². The molecule has 0 heterocycles. The first-order chi connectivity index (χ1) is 6.76. The van der Waals surface area contributed by atoms with Crippen molar-refractivity contribution in [3.63, 3.8) is 0 Å². The molecule has 0 aromatic heterocycles. The molecule has 0 aliphatic carbocycles. The van der Waals surface area contributed by atoms with Gasteiger partial charge in [-0.3, -0.25) is 0 Å². The minimum atomic E-state index is -2.64. The molecule has 84 valence electrons. The number of aromatic hydroxyl groups is 1. The standard InChI is InChI=1S/C11H15F2NO/c1-6-4-8(5-7(2)9(6)15)11(3,14)10(12)13/h4-5,10,15H,14H2,1-3H3. The molecule has 15 heavy (non-hydrogen) atoms. The van der Waals surface area contributed by atoms with Gasteiger partial charge < -0.3 is 10.8 Å². The Morgan fingerprint density at radius 1 is 1.27 bits per heavy atom. The average molecular weight is 215 g/mol. The van der Waals surface area contributed by atoms with Crippen molar-refractivity contribution in [1.29, 1.82) is 0 Å². The molecule has 1 unspecified atom stereocenters. The molecule has 0 amide bonds. The highest BCUT2D eigenvalue weighted by atomic mass is 19.3. The van der Waals surface area contributed by atoms with Crippen LogP contribution in [0.15, 0.2) is 12.1 Å². The van der Waals surface area contributed by atoms with Gasteiger partial charge in [-0.2, -0.15) is 0 Å². The third-order valence-corrected chi connectivity index (χ3v) is 2.57. The van der Waals surface area contributed by atoms with Crippen molar-refractivity contribution in [2.45, 2.75) is 32.7 Å². The topological polar surface area (TPSA) is 46.2 Å². The van der Waals surface area contributed by atoms with Crippen molar-refractivity contribution in [2.24, 2.45) is 5.73 Å². The Hall–Kier alpha value is -1.16. The number of hydrogen-bond donors (Lipinski definition) is 2. The van der Waals surface area contributed by atoms with Gasteiger partial charge in [0, 0.05) is 0 Å². The van der Waals surface area contributed by atoms with Gasteiger partial charge >= 0.3 is 0 Å². The lowest BCUT2D eigenvalue weighted by Crippen LogP contribution is -2.40. The molecule has 0 radical (unpaired) electrons. The maximum atomic E-state index is 12.7. The van der Waals surface area contributed by atoms with Crippen molar-refractivity contribution < 1.29 is 13.9 Å². The van der Waals surface area contributed by atoms with Gasteiger partial charge in [0.25, 0.3) is 6.43 Å². The van der Waals surface area contributed by atoms with Gasteiger partial charge in [-0.15, -0.1) is 0 Å². The van der Waals surface area contributed by atoms with E-state index >= 15 is 0 Å². The molecule has 1 atom stereocenters. The summed E-state index contributed by atoms with van der Waals surface area (Å²) in [6.07, 6.45) is -2.64. The van der Waals surface area contributed by atoms with Gasteiger partial charge in [-0.1, -0.05) is 12.1 Å². The van der Waals surface area contributed by atoms with Crippen LogP contribution >= 0.6 is 0 Å². The number of hydrogen-bond acceptors (Lipinski definition) is 2. The first-order valence-electron chi connectivity index (χ1n) is 4.64. The van der Waals surface area contributed by atoms with Gasteiger partial charge in [-0.05, 0) is 37.5 Å². The molecule has 0 fully saturated rings. The number of phenols is 1. The fourth-order valence-corrected chi connectivity index (χ4v) is 1.39. The van der Waals surface area contributed by atoms with Gasteiger partial charge in [0.05, 0.1) is 5.54 Å². The van der Waals surface area contributed by atoms with E-state index in [9.17, 15) is 13.9 Å². The van der Waals surface area contributed by atoms with E-state index in [1.807, 2.05) is 0 Å². The Morgan fingerprint density at radius 2 is 1.67 bits per heavy atom. The van der Waals surface area contributed by atoms with Crippen molar-refractivity contribution >= 4 is 0 Å². The zero-order valence-corrected chi connectivity index (χ0v) is 9.01. The zero-order chi connectivity index (χ0) is 11.8. The predicted molar refractivity (Wildman–Crippen MR) is 55.1 cm³/mol. The number of nitrogens with two attached hydrogens (primary N) is 1. The lowest BCUT2D eigenvalue weighted by atomic mass is 9.90. The largest absolute Gasteiger partial charge is 0.507 e. The smallest absolute Gasteiger partial charge is 0.260 e. The van der Waals surface area contributed by atoms with Crippen LogP contribution in [0.3, 0.4) is 0 Å². The summed E-state index contributed by atoms with van der Waals surface area (Å²) in [5.74, 6) is 0.129. The first-order valence-corrected chi connectivity index (χ1v) is 4.64. The summed E-state index contributed by atoms with van der Waals surface area (Å²) in [6, 6.07) is 2.99. The summed E-state index contributed by atoms with van der Waals surface area (Å²) in [5, 5.41) is 9.51. The van der Waals surface area contributed by atoms with Crippen LogP contribution < -0.4 is 5.73 Å². The van der Waals surface area contributed by atoms with Crippen LogP contribution in [0.1, 0.15) is 23.6 Å². The number of halogens is 2. The molecular formula is C11H15F2NO. The van der Waals surface area contributed by atoms with Gasteiger partial charge in [0.2, 0.25) is 0 Å². The van der Waals surface area contributed by atoms with E-state index in [0.717, 1.165) is 0 Å². The fourth-order valence-electron chi connectivity index (χ4n) is 1.39. The van der Waals surface area contributed by atoms with Crippen molar-refractivity contribution in [3.8, 4) is 5.75 Å². The minimum absolute atomic E-state index is 0.129. The van der Waals surface area contributed by atoms with Crippen molar-refractivity contribution in [2.75, 3.05) is 0 Å². The van der Waals surface area contributed by atoms with Crippen molar-refractivity contribution in [3.05, 3.63) is 28.8 Å². The highest BCUT2D eigenvalue weighted by molar-refractivity contribution is 5.44. The molecular weight excluding hydrogens is 200 g/mol. The Balaban J connectivity index is 3.28. The monoisotopic (exact) mass is 215 g/mol. The van der Waals surface area contributed by atoms with Crippen LogP contribution in [-0.2, 0) is 5.54 Å². The summed E-state index contributed by atoms with van der Waals surface area (Å²) in [5.41, 5.74) is 5.31. The Labute approximate surface area is 87.7 Å². The summed E-state index contributed by atoms with van der Waals surface area (Å²) in [6.45, 7) is 4.60. The number of rotatable bonds is 2. The lowest BCUT2D eigenvalue weighted by Gasteiger charge is -2.25. The maximum absolute atomic E-state index is 12.7. The summed E-state index contributed by atoms with van der Waals surface area (Å²) in [4.78, 5) is 0. The second kappa shape index (κ2) is 3.77. The van der Waals surface area contributed by atoms with Crippen LogP contribution in [-0.4, -0.2) is 11.5 Å². The molecule has 1 rings (SSSR count). The molecule has 1 aromatic carbocycles. The molecule has 0 aliphatic rings. The summed E-state index contributed by atoms with van der Waals surface area (Å²) in [7, 11) is 0. The van der Waals surface area contributed by atoms with E-state index in [2.05, 4.69) is 0 Å². The second-order valence-corrected chi connectivity index (χ2v) is 4.04. The molecule has 0 bridgehead atoms. The molecule has 0 spiro atoms. The van der Waals surface area contributed by atoms with E-state index in [4.69, 9.17) is 5.73 Å². The zero-order valence-electron chi connectivity index (χ0n) is 9.01. The quantitative estimate of drug-likeness (QED) is 0.796. The first kappa shape index (κ1) is 11.9. The Bertz CT molecular complexity index is 352. The average Bonchev–Trinajstić information content (AvgIpc) is 2.13. The van der Waals surface area contributed by atoms with E-state index < -0.39 is 12.0 Å². The minimum Gasteiger partial charge on any atom is -0.507 e. The molecule has 0 saturated carbocycles. The molecule has 4 heteroatoms. The SMILES string of the molecule is Cc1cc(C(C)(N)C(F)F)cc(C)c1O. The lowest BCUT2D eigenvalue weighted by molar-refractivity contribution is 0.0624. The molecule has 3 N–H and O–H groups in total. The van der Waals surface area contributed by atoms with E-state index in [1.165, 1.54) is 19.1 Å². The van der Waals surface area contributed by atoms with Crippen LogP contribution in [0.25, 0.3) is 0 Å². The third-order valence-electron chi connectivity index (χ3n) is 2.57. The van der Waals surface area contributed by atoms with Gasteiger partial charge in [-0.25, -0.2) is 8.78 Å². The van der Waals surface area contributed by atoms with Gasteiger partial charge in [0.1, 0.15) is 5.75 Å². The molecule has 0 saturated heterocycles. The third kappa shape index (κ3) is 2.09. The summed E-state index contributed by atoms with van der Waals surface area (Å²) < 4.78 is 25.3. The Kier molecular flexibility index (Phi) is 3.00. The van der Waals surface area contributed by atoms with E-state index in [0.29, 0.717) is 16.7 Å². The molecule has 0 aliphatic heterocycles. The van der Waals surface area contributed by atoms with Crippen LogP contribution in [0.5, 0.6) is 5.75 Å². The molecule has 2 nitrogen and oxygen atoms in total.